The fourth-order valence-electron chi connectivity index (χ4n) is 2.33. The highest BCUT2D eigenvalue weighted by Gasteiger charge is 2.30. The number of piperidine rings is 1. The molecule has 17 heavy (non-hydrogen) atoms. The van der Waals surface area contributed by atoms with Crippen molar-refractivity contribution in [1.29, 1.82) is 0 Å². The van der Waals surface area contributed by atoms with E-state index in [0.29, 0.717) is 11.6 Å². The zero-order valence-electron chi connectivity index (χ0n) is 10.6. The molecule has 2 atom stereocenters. The van der Waals surface area contributed by atoms with E-state index in [1.807, 2.05) is 13.8 Å². The third-order valence-electron chi connectivity index (χ3n) is 3.24. The number of hydrogen-bond donors (Lipinski definition) is 1. The first-order chi connectivity index (χ1) is 8.10. The first-order valence-corrected chi connectivity index (χ1v) is 6.70. The topological polar surface area (TPSA) is 55.6 Å². The lowest BCUT2D eigenvalue weighted by Gasteiger charge is -2.36. The van der Waals surface area contributed by atoms with Crippen LogP contribution in [0.2, 0.25) is 0 Å². The zero-order chi connectivity index (χ0) is 12.8. The number of ether oxygens (including phenoxy) is 1. The van der Waals surface area contributed by atoms with Crippen LogP contribution < -0.4 is 5.73 Å². The summed E-state index contributed by atoms with van der Waals surface area (Å²) in [6, 6.07) is -0.146. The molecule has 1 rings (SSSR count). The van der Waals surface area contributed by atoms with E-state index in [4.69, 9.17) is 22.7 Å². The Hall–Kier alpha value is -0.680. The van der Waals surface area contributed by atoms with Gasteiger partial charge in [-0.15, -0.1) is 0 Å². The monoisotopic (exact) mass is 258 g/mol. The van der Waals surface area contributed by atoms with Gasteiger partial charge in [0.05, 0.1) is 11.6 Å². The summed E-state index contributed by atoms with van der Waals surface area (Å²) in [6.07, 6.45) is 2.84. The Morgan fingerprint density at radius 3 is 2.82 bits per heavy atom. The average molecular weight is 258 g/mol. The van der Waals surface area contributed by atoms with Crippen molar-refractivity contribution >= 4 is 23.2 Å². The lowest BCUT2D eigenvalue weighted by atomic mass is 9.96. The van der Waals surface area contributed by atoms with Crippen molar-refractivity contribution in [2.24, 2.45) is 11.7 Å². The van der Waals surface area contributed by atoms with E-state index in [1.165, 1.54) is 0 Å². The molecule has 5 heteroatoms. The molecule has 1 aliphatic heterocycles. The molecule has 1 aliphatic rings. The number of nitrogens with zero attached hydrogens (tertiary/aromatic N) is 1. The van der Waals surface area contributed by atoms with E-state index in [9.17, 15) is 4.79 Å². The van der Waals surface area contributed by atoms with Crippen LogP contribution in [0.3, 0.4) is 0 Å². The van der Waals surface area contributed by atoms with Crippen LogP contribution >= 0.6 is 12.2 Å². The summed E-state index contributed by atoms with van der Waals surface area (Å²) in [4.78, 5) is 14.5. The van der Waals surface area contributed by atoms with Crippen molar-refractivity contribution < 1.29 is 9.53 Å². The molecule has 1 saturated heterocycles. The number of esters is 1. The van der Waals surface area contributed by atoms with E-state index >= 15 is 0 Å². The molecule has 4 nitrogen and oxygen atoms in total. The smallest absolute Gasteiger partial charge is 0.323 e. The Morgan fingerprint density at radius 1 is 1.59 bits per heavy atom. The standard InChI is InChI=1S/C12H22N2O2S/c1-3-10(12(15)16-4-2)14-7-5-6-9(8-14)11(13)17/h9-10H,3-8H2,1-2H3,(H2,13,17). The molecule has 0 aromatic carbocycles. The molecule has 0 aromatic heterocycles. The van der Waals surface area contributed by atoms with E-state index in [1.54, 1.807) is 0 Å². The van der Waals surface area contributed by atoms with Crippen LogP contribution in [0.25, 0.3) is 0 Å². The molecule has 0 bridgehead atoms. The highest BCUT2D eigenvalue weighted by molar-refractivity contribution is 7.80. The van der Waals surface area contributed by atoms with Crippen molar-refractivity contribution in [3.8, 4) is 0 Å². The number of nitrogens with two attached hydrogens (primary N) is 1. The van der Waals surface area contributed by atoms with E-state index < -0.39 is 0 Å². The number of likely N-dealkylation sites (tertiary alicyclic amines) is 1. The van der Waals surface area contributed by atoms with Crippen molar-refractivity contribution in [2.75, 3.05) is 19.7 Å². The van der Waals surface area contributed by atoms with Gasteiger partial charge in [-0.1, -0.05) is 19.1 Å². The van der Waals surface area contributed by atoms with Gasteiger partial charge in [-0.3, -0.25) is 9.69 Å². The van der Waals surface area contributed by atoms with E-state index in [-0.39, 0.29) is 17.9 Å². The van der Waals surface area contributed by atoms with Gasteiger partial charge in [0.15, 0.2) is 0 Å². The summed E-state index contributed by atoms with van der Waals surface area (Å²) < 4.78 is 5.10. The maximum atomic E-state index is 11.8. The molecule has 0 aliphatic carbocycles. The van der Waals surface area contributed by atoms with Crippen LogP contribution in [0.5, 0.6) is 0 Å². The Morgan fingerprint density at radius 2 is 2.29 bits per heavy atom. The van der Waals surface area contributed by atoms with Crippen molar-refractivity contribution in [3.63, 3.8) is 0 Å². The van der Waals surface area contributed by atoms with Crippen LogP contribution in [0.4, 0.5) is 0 Å². The number of thiocarbonyl (C=S) groups is 1. The molecule has 0 saturated carbocycles. The third kappa shape index (κ3) is 3.92. The molecule has 2 unspecified atom stereocenters. The van der Waals surface area contributed by atoms with Gasteiger partial charge < -0.3 is 10.5 Å². The fourth-order valence-corrected chi connectivity index (χ4v) is 2.53. The van der Waals surface area contributed by atoms with Crippen LogP contribution in [0.15, 0.2) is 0 Å². The maximum absolute atomic E-state index is 11.8. The van der Waals surface area contributed by atoms with Gasteiger partial charge >= 0.3 is 5.97 Å². The number of carbonyl (C=O) groups is 1. The summed E-state index contributed by atoms with van der Waals surface area (Å²) in [7, 11) is 0. The van der Waals surface area contributed by atoms with Crippen LogP contribution in [0, 0.1) is 5.92 Å². The second-order valence-corrected chi connectivity index (χ2v) is 4.88. The van der Waals surface area contributed by atoms with Gasteiger partial charge in [0.1, 0.15) is 6.04 Å². The molecule has 2 N–H and O–H groups in total. The summed E-state index contributed by atoms with van der Waals surface area (Å²) >= 11 is 5.04. The Kier molecular flexibility index (Phi) is 5.85. The number of rotatable bonds is 5. The quantitative estimate of drug-likeness (QED) is 0.595. The number of hydrogen-bond acceptors (Lipinski definition) is 4. The summed E-state index contributed by atoms with van der Waals surface area (Å²) in [5.41, 5.74) is 5.69. The molecule has 0 radical (unpaired) electrons. The lowest BCUT2D eigenvalue weighted by molar-refractivity contribution is -0.150. The molecular weight excluding hydrogens is 236 g/mol. The third-order valence-corrected chi connectivity index (χ3v) is 3.57. The Labute approximate surface area is 108 Å². The SMILES string of the molecule is CCOC(=O)C(CC)N1CCCC(C(N)=S)C1. The molecule has 98 valence electrons. The van der Waals surface area contributed by atoms with Crippen LogP contribution in [0.1, 0.15) is 33.1 Å². The summed E-state index contributed by atoms with van der Waals surface area (Å²) in [6.45, 7) is 5.98. The predicted molar refractivity (Wildman–Crippen MR) is 71.8 cm³/mol. The molecule has 1 fully saturated rings. The molecule has 0 amide bonds. The molecule has 1 heterocycles. The van der Waals surface area contributed by atoms with E-state index in [2.05, 4.69) is 4.90 Å². The van der Waals surface area contributed by atoms with Gasteiger partial charge in [-0.05, 0) is 32.7 Å². The zero-order valence-corrected chi connectivity index (χ0v) is 11.5. The minimum atomic E-state index is -0.146. The molecule has 0 aromatic rings. The highest BCUT2D eigenvalue weighted by Crippen LogP contribution is 2.20. The van der Waals surface area contributed by atoms with Gasteiger partial charge in [0.2, 0.25) is 0 Å². The molecule has 0 spiro atoms. The normalized spacial score (nSPS) is 23.1. The average Bonchev–Trinajstić information content (AvgIpc) is 2.30. The molecular formula is C12H22N2O2S. The Bertz CT molecular complexity index is 284. The van der Waals surface area contributed by atoms with Crippen molar-refractivity contribution in [1.82, 2.24) is 4.90 Å². The van der Waals surface area contributed by atoms with Crippen molar-refractivity contribution in [3.05, 3.63) is 0 Å². The Balaban J connectivity index is 2.62. The van der Waals surface area contributed by atoms with Crippen LogP contribution in [-0.2, 0) is 9.53 Å². The minimum absolute atomic E-state index is 0.126. The first kappa shape index (κ1) is 14.4. The minimum Gasteiger partial charge on any atom is -0.465 e. The largest absolute Gasteiger partial charge is 0.465 e. The number of carbonyl (C=O) groups excluding carboxylic acids is 1. The second kappa shape index (κ2) is 6.91. The fraction of sp³-hybridized carbons (Fsp3) is 0.833. The maximum Gasteiger partial charge on any atom is 0.323 e. The lowest BCUT2D eigenvalue weighted by Crippen LogP contribution is -2.49. The van der Waals surface area contributed by atoms with Crippen LogP contribution in [-0.4, -0.2) is 41.6 Å². The van der Waals surface area contributed by atoms with Gasteiger partial charge in [0, 0.05) is 12.5 Å². The summed E-state index contributed by atoms with van der Waals surface area (Å²) in [5, 5.41) is 0. The predicted octanol–water partition coefficient (Wildman–Crippen LogP) is 1.33. The first-order valence-electron chi connectivity index (χ1n) is 6.30. The van der Waals surface area contributed by atoms with Gasteiger partial charge in [0.25, 0.3) is 0 Å². The summed E-state index contributed by atoms with van der Waals surface area (Å²) in [5.74, 6) is 0.112. The van der Waals surface area contributed by atoms with E-state index in [0.717, 1.165) is 32.4 Å². The highest BCUT2D eigenvalue weighted by atomic mass is 32.1. The van der Waals surface area contributed by atoms with Gasteiger partial charge in [-0.2, -0.15) is 0 Å². The second-order valence-electron chi connectivity index (χ2n) is 4.41. The van der Waals surface area contributed by atoms with Gasteiger partial charge in [-0.25, -0.2) is 0 Å². The van der Waals surface area contributed by atoms with Crippen molar-refractivity contribution in [2.45, 2.75) is 39.2 Å².